The van der Waals surface area contributed by atoms with Gasteiger partial charge in [0.15, 0.2) is 5.11 Å². The van der Waals surface area contributed by atoms with Crippen LogP contribution in [0.2, 0.25) is 0 Å². The normalized spacial score (nSPS) is 16.8. The molecule has 1 aliphatic heterocycles. The minimum absolute atomic E-state index is 0.00592. The lowest BCUT2D eigenvalue weighted by molar-refractivity contribution is -0.131. The van der Waals surface area contributed by atoms with Crippen LogP contribution < -0.4 is 5.32 Å². The quantitative estimate of drug-likeness (QED) is 0.755. The Morgan fingerprint density at radius 3 is 2.39 bits per heavy atom. The molecule has 5 nitrogen and oxygen atoms in total. The predicted molar refractivity (Wildman–Crippen MR) is 110 cm³/mol. The van der Waals surface area contributed by atoms with Gasteiger partial charge in [-0.1, -0.05) is 30.3 Å². The van der Waals surface area contributed by atoms with Gasteiger partial charge in [-0.05, 0) is 55.9 Å². The Morgan fingerprint density at radius 2 is 1.79 bits per heavy atom. The van der Waals surface area contributed by atoms with Crippen LogP contribution in [-0.2, 0) is 16.1 Å². The summed E-state index contributed by atoms with van der Waals surface area (Å²) in [5, 5.41) is 3.20. The Hall–Kier alpha value is -2.80. The molecule has 0 aromatic heterocycles. The average molecular weight is 399 g/mol. The molecule has 1 N–H and O–H groups in total. The molecule has 2 aromatic carbocycles. The lowest BCUT2D eigenvalue weighted by Crippen LogP contribution is -2.42. The SMILES string of the molecule is CC(C)N1C(=S)N(Cc2ccc(F)cc2)C(=O)[C@H]1CC(=O)Nc1ccccc1. The minimum Gasteiger partial charge on any atom is -0.334 e. The lowest BCUT2D eigenvalue weighted by atomic mass is 10.1. The van der Waals surface area contributed by atoms with Crippen LogP contribution in [0.15, 0.2) is 54.6 Å². The third kappa shape index (κ3) is 4.36. The first-order valence-corrected chi connectivity index (χ1v) is 9.50. The molecule has 1 fully saturated rings. The van der Waals surface area contributed by atoms with Crippen molar-refractivity contribution in [2.24, 2.45) is 0 Å². The van der Waals surface area contributed by atoms with Gasteiger partial charge in [-0.3, -0.25) is 14.5 Å². The molecule has 28 heavy (non-hydrogen) atoms. The molecular weight excluding hydrogens is 377 g/mol. The topological polar surface area (TPSA) is 52.7 Å². The molecule has 2 amide bonds. The van der Waals surface area contributed by atoms with Gasteiger partial charge < -0.3 is 10.2 Å². The first-order valence-electron chi connectivity index (χ1n) is 9.10. The van der Waals surface area contributed by atoms with Crippen molar-refractivity contribution in [2.75, 3.05) is 5.32 Å². The highest BCUT2D eigenvalue weighted by Crippen LogP contribution is 2.25. The maximum atomic E-state index is 13.1. The molecule has 0 radical (unpaired) electrons. The number of rotatable bonds is 6. The fourth-order valence-corrected chi connectivity index (χ4v) is 3.75. The number of amides is 2. The molecule has 7 heteroatoms. The Balaban J connectivity index is 1.75. The number of benzene rings is 2. The summed E-state index contributed by atoms with van der Waals surface area (Å²) in [7, 11) is 0. The molecule has 146 valence electrons. The van der Waals surface area contributed by atoms with E-state index in [1.165, 1.54) is 17.0 Å². The third-order valence-electron chi connectivity index (χ3n) is 4.59. The molecule has 0 unspecified atom stereocenters. The van der Waals surface area contributed by atoms with E-state index >= 15 is 0 Å². The number of carbonyl (C=O) groups excluding carboxylic acids is 2. The van der Waals surface area contributed by atoms with E-state index in [4.69, 9.17) is 12.2 Å². The summed E-state index contributed by atoms with van der Waals surface area (Å²) in [6.45, 7) is 4.12. The second kappa shape index (κ2) is 8.48. The molecule has 0 saturated carbocycles. The van der Waals surface area contributed by atoms with Crippen LogP contribution in [-0.4, -0.2) is 38.8 Å². The highest BCUT2D eigenvalue weighted by atomic mass is 32.1. The molecule has 1 atom stereocenters. The molecule has 0 bridgehead atoms. The van der Waals surface area contributed by atoms with Gasteiger partial charge in [0, 0.05) is 11.7 Å². The summed E-state index contributed by atoms with van der Waals surface area (Å²) in [6, 6.07) is 14.4. The minimum atomic E-state index is -0.656. The Labute approximate surface area is 169 Å². The van der Waals surface area contributed by atoms with Crippen molar-refractivity contribution in [1.29, 1.82) is 0 Å². The van der Waals surface area contributed by atoms with Crippen molar-refractivity contribution in [3.63, 3.8) is 0 Å². The monoisotopic (exact) mass is 399 g/mol. The van der Waals surface area contributed by atoms with Gasteiger partial charge in [0.25, 0.3) is 5.91 Å². The molecule has 1 heterocycles. The fourth-order valence-electron chi connectivity index (χ4n) is 3.26. The first kappa shape index (κ1) is 19.9. The second-order valence-corrected chi connectivity index (χ2v) is 7.33. The maximum Gasteiger partial charge on any atom is 0.252 e. The number of hydrogen-bond donors (Lipinski definition) is 1. The maximum absolute atomic E-state index is 13.1. The molecule has 1 aliphatic rings. The van der Waals surface area contributed by atoms with E-state index in [2.05, 4.69) is 5.32 Å². The Bertz CT molecular complexity index is 871. The number of anilines is 1. The van der Waals surface area contributed by atoms with Gasteiger partial charge in [-0.25, -0.2) is 4.39 Å². The number of nitrogens with one attached hydrogen (secondary N) is 1. The zero-order valence-corrected chi connectivity index (χ0v) is 16.6. The Morgan fingerprint density at radius 1 is 1.14 bits per heavy atom. The standard InChI is InChI=1S/C21H22FN3O2S/c1-14(2)25-18(12-19(26)23-17-6-4-3-5-7-17)20(27)24(21(25)28)13-15-8-10-16(22)11-9-15/h3-11,14,18H,12-13H2,1-2H3,(H,23,26)/t18-/m1/s1. The number of nitrogens with zero attached hydrogens (tertiary/aromatic N) is 2. The van der Waals surface area contributed by atoms with Gasteiger partial charge in [0.1, 0.15) is 11.9 Å². The van der Waals surface area contributed by atoms with Gasteiger partial charge in [-0.2, -0.15) is 0 Å². The van der Waals surface area contributed by atoms with E-state index in [0.29, 0.717) is 10.8 Å². The van der Waals surface area contributed by atoms with Crippen LogP contribution >= 0.6 is 12.2 Å². The smallest absolute Gasteiger partial charge is 0.252 e. The molecule has 0 spiro atoms. The van der Waals surface area contributed by atoms with E-state index in [1.54, 1.807) is 29.2 Å². The van der Waals surface area contributed by atoms with Crippen LogP contribution in [0.5, 0.6) is 0 Å². The molecule has 1 saturated heterocycles. The van der Waals surface area contributed by atoms with E-state index in [0.717, 1.165) is 5.56 Å². The molecule has 2 aromatic rings. The molecule has 3 rings (SSSR count). The number of hydrogen-bond acceptors (Lipinski definition) is 3. The third-order valence-corrected chi connectivity index (χ3v) is 5.02. The number of para-hydroxylation sites is 1. The summed E-state index contributed by atoms with van der Waals surface area (Å²) in [5.41, 5.74) is 1.45. The second-order valence-electron chi connectivity index (χ2n) is 6.97. The van der Waals surface area contributed by atoms with E-state index < -0.39 is 6.04 Å². The van der Waals surface area contributed by atoms with Crippen molar-refractivity contribution in [2.45, 2.75) is 38.9 Å². The van der Waals surface area contributed by atoms with E-state index in [1.807, 2.05) is 32.0 Å². The van der Waals surface area contributed by atoms with Crippen LogP contribution in [0, 0.1) is 5.82 Å². The van der Waals surface area contributed by atoms with Crippen molar-refractivity contribution in [3.05, 3.63) is 66.0 Å². The van der Waals surface area contributed by atoms with Gasteiger partial charge in [0.2, 0.25) is 5.91 Å². The summed E-state index contributed by atoms with van der Waals surface area (Å²) in [4.78, 5) is 28.8. The number of carbonyl (C=O) groups is 2. The highest BCUT2D eigenvalue weighted by Gasteiger charge is 2.44. The van der Waals surface area contributed by atoms with Crippen LogP contribution in [0.3, 0.4) is 0 Å². The Kier molecular flexibility index (Phi) is 6.04. The van der Waals surface area contributed by atoms with Gasteiger partial charge >= 0.3 is 0 Å². The lowest BCUT2D eigenvalue weighted by Gasteiger charge is -2.27. The largest absolute Gasteiger partial charge is 0.334 e. The number of halogens is 1. The van der Waals surface area contributed by atoms with Crippen molar-refractivity contribution in [1.82, 2.24) is 9.80 Å². The fraction of sp³-hybridized carbons (Fsp3) is 0.286. The summed E-state index contributed by atoms with van der Waals surface area (Å²) in [6.07, 6.45) is 0.00592. The molecule has 0 aliphatic carbocycles. The predicted octanol–water partition coefficient (Wildman–Crippen LogP) is 3.56. The zero-order chi connectivity index (χ0) is 20.3. The summed E-state index contributed by atoms with van der Waals surface area (Å²) >= 11 is 5.53. The summed E-state index contributed by atoms with van der Waals surface area (Å²) < 4.78 is 13.1. The van der Waals surface area contributed by atoms with Gasteiger partial charge in [0.05, 0.1) is 13.0 Å². The summed E-state index contributed by atoms with van der Waals surface area (Å²) in [5.74, 6) is -0.800. The van der Waals surface area contributed by atoms with Crippen LogP contribution in [0.1, 0.15) is 25.8 Å². The highest BCUT2D eigenvalue weighted by molar-refractivity contribution is 7.80. The van der Waals surface area contributed by atoms with Crippen LogP contribution in [0.4, 0.5) is 10.1 Å². The van der Waals surface area contributed by atoms with Crippen LogP contribution in [0.25, 0.3) is 0 Å². The van der Waals surface area contributed by atoms with Gasteiger partial charge in [-0.15, -0.1) is 0 Å². The molecular formula is C21H22FN3O2S. The first-order chi connectivity index (χ1) is 13.4. The zero-order valence-electron chi connectivity index (χ0n) is 15.8. The van der Waals surface area contributed by atoms with E-state index in [-0.39, 0.29) is 36.6 Å². The van der Waals surface area contributed by atoms with E-state index in [9.17, 15) is 14.0 Å². The van der Waals surface area contributed by atoms with Crippen molar-refractivity contribution in [3.8, 4) is 0 Å². The van der Waals surface area contributed by atoms with Crippen molar-refractivity contribution < 1.29 is 14.0 Å². The number of thiocarbonyl (C=S) groups is 1. The average Bonchev–Trinajstić information content (AvgIpc) is 2.88. The van der Waals surface area contributed by atoms with Crippen molar-refractivity contribution >= 4 is 34.8 Å².